The maximum absolute atomic E-state index is 5.82. The lowest BCUT2D eigenvalue weighted by Gasteiger charge is -2.12. The maximum atomic E-state index is 5.82. The molecule has 6 heteroatoms. The van der Waals surface area contributed by atoms with Gasteiger partial charge in [-0.2, -0.15) is 4.80 Å². The van der Waals surface area contributed by atoms with Crippen molar-refractivity contribution in [2.24, 2.45) is 12.8 Å². The third-order valence-electron chi connectivity index (χ3n) is 1.64. The van der Waals surface area contributed by atoms with Gasteiger partial charge in [-0.25, -0.2) is 0 Å². The molecule has 0 saturated heterocycles. The third-order valence-corrected chi connectivity index (χ3v) is 1.64. The van der Waals surface area contributed by atoms with Gasteiger partial charge in [0.05, 0.1) is 19.8 Å². The molecule has 0 fully saturated rings. The Morgan fingerprint density at radius 1 is 1.50 bits per heavy atom. The number of tetrazole rings is 1. The van der Waals surface area contributed by atoms with E-state index < -0.39 is 0 Å². The predicted molar refractivity (Wildman–Crippen MR) is 51.6 cm³/mol. The van der Waals surface area contributed by atoms with Gasteiger partial charge in [-0.3, -0.25) is 0 Å². The van der Waals surface area contributed by atoms with Crippen molar-refractivity contribution in [1.82, 2.24) is 20.2 Å². The Balaban J connectivity index is 2.30. The second-order valence-electron chi connectivity index (χ2n) is 3.54. The van der Waals surface area contributed by atoms with Gasteiger partial charge in [-0.1, -0.05) is 0 Å². The van der Waals surface area contributed by atoms with Gasteiger partial charge in [-0.05, 0) is 19.1 Å². The van der Waals surface area contributed by atoms with Crippen LogP contribution in [0.2, 0.25) is 0 Å². The minimum Gasteiger partial charge on any atom is -0.377 e. The Morgan fingerprint density at radius 3 is 2.71 bits per heavy atom. The van der Waals surface area contributed by atoms with Crippen molar-refractivity contribution >= 4 is 0 Å². The summed E-state index contributed by atoms with van der Waals surface area (Å²) in [5, 5.41) is 11.6. The molecule has 1 heterocycles. The Kier molecular flexibility index (Phi) is 3.97. The van der Waals surface area contributed by atoms with Gasteiger partial charge in [-0.15, -0.1) is 10.2 Å². The number of aromatic nitrogens is 4. The topological polar surface area (TPSA) is 78.9 Å². The van der Waals surface area contributed by atoms with Crippen molar-refractivity contribution in [3.63, 3.8) is 0 Å². The molecule has 2 N–H and O–H groups in total. The van der Waals surface area contributed by atoms with Crippen LogP contribution in [0.15, 0.2) is 0 Å². The van der Waals surface area contributed by atoms with Gasteiger partial charge < -0.3 is 10.5 Å². The molecule has 0 saturated carbocycles. The molecule has 0 spiro atoms. The van der Waals surface area contributed by atoms with Gasteiger partial charge >= 0.3 is 0 Å². The van der Waals surface area contributed by atoms with E-state index in [4.69, 9.17) is 10.5 Å². The summed E-state index contributed by atoms with van der Waals surface area (Å²) in [7, 11) is 1.73. The summed E-state index contributed by atoms with van der Waals surface area (Å²) in [5.41, 5.74) is 5.82. The monoisotopic (exact) mass is 199 g/mol. The van der Waals surface area contributed by atoms with E-state index in [0.717, 1.165) is 0 Å². The first-order valence-electron chi connectivity index (χ1n) is 4.68. The fourth-order valence-corrected chi connectivity index (χ4v) is 1.01. The third kappa shape index (κ3) is 3.80. The van der Waals surface area contributed by atoms with Crippen LogP contribution in [0.4, 0.5) is 0 Å². The molecule has 6 nitrogen and oxygen atoms in total. The summed E-state index contributed by atoms with van der Waals surface area (Å²) in [6.45, 7) is 4.48. The Labute approximate surface area is 83.4 Å². The number of aryl methyl sites for hydroxylation is 1. The van der Waals surface area contributed by atoms with Gasteiger partial charge in [0.2, 0.25) is 0 Å². The van der Waals surface area contributed by atoms with Crippen LogP contribution in [-0.4, -0.2) is 39.0 Å². The quantitative estimate of drug-likeness (QED) is 0.692. The van der Waals surface area contributed by atoms with Crippen LogP contribution in [0.5, 0.6) is 0 Å². The highest BCUT2D eigenvalue weighted by Crippen LogP contribution is 1.95. The van der Waals surface area contributed by atoms with Gasteiger partial charge in [0.15, 0.2) is 5.82 Å². The molecule has 80 valence electrons. The molecular formula is C8H17N5O. The molecule has 0 aliphatic carbocycles. The standard InChI is InChI=1S/C8H17N5O/c1-6(2)14-5-7(9)4-8-10-12-13(3)11-8/h6-7H,4-5,9H2,1-3H3. The summed E-state index contributed by atoms with van der Waals surface area (Å²) < 4.78 is 5.37. The molecule has 1 aromatic heterocycles. The molecule has 0 aliphatic rings. The summed E-state index contributed by atoms with van der Waals surface area (Å²) >= 11 is 0. The van der Waals surface area contributed by atoms with E-state index in [9.17, 15) is 0 Å². The second-order valence-corrected chi connectivity index (χ2v) is 3.54. The van der Waals surface area contributed by atoms with Crippen molar-refractivity contribution in [3.8, 4) is 0 Å². The predicted octanol–water partition coefficient (Wildman–Crippen LogP) is -0.495. The molecule has 1 aromatic rings. The van der Waals surface area contributed by atoms with Crippen LogP contribution in [0, 0.1) is 0 Å². The van der Waals surface area contributed by atoms with Crippen LogP contribution in [-0.2, 0) is 18.2 Å². The van der Waals surface area contributed by atoms with Crippen LogP contribution >= 0.6 is 0 Å². The summed E-state index contributed by atoms with van der Waals surface area (Å²) in [4.78, 5) is 1.42. The highest BCUT2D eigenvalue weighted by Gasteiger charge is 2.09. The fraction of sp³-hybridized carbons (Fsp3) is 0.875. The van der Waals surface area contributed by atoms with Crippen molar-refractivity contribution < 1.29 is 4.74 Å². The van der Waals surface area contributed by atoms with E-state index in [1.54, 1.807) is 7.05 Å². The highest BCUT2D eigenvalue weighted by molar-refractivity contribution is 4.82. The van der Waals surface area contributed by atoms with E-state index in [1.165, 1.54) is 4.80 Å². The van der Waals surface area contributed by atoms with E-state index in [0.29, 0.717) is 18.9 Å². The van der Waals surface area contributed by atoms with Crippen molar-refractivity contribution in [3.05, 3.63) is 5.82 Å². The average Bonchev–Trinajstić information content (AvgIpc) is 2.48. The van der Waals surface area contributed by atoms with Crippen LogP contribution in [0.25, 0.3) is 0 Å². The zero-order valence-corrected chi connectivity index (χ0v) is 8.84. The number of hydrogen-bond donors (Lipinski definition) is 1. The first-order chi connectivity index (χ1) is 6.58. The van der Waals surface area contributed by atoms with Crippen molar-refractivity contribution in [1.29, 1.82) is 0 Å². The molecular weight excluding hydrogens is 182 g/mol. The molecule has 0 bridgehead atoms. The first-order valence-corrected chi connectivity index (χ1v) is 4.68. The first kappa shape index (κ1) is 11.1. The van der Waals surface area contributed by atoms with E-state index in [2.05, 4.69) is 15.4 Å². The number of hydrogen-bond acceptors (Lipinski definition) is 5. The van der Waals surface area contributed by atoms with Crippen LogP contribution in [0.3, 0.4) is 0 Å². The molecule has 1 unspecified atom stereocenters. The average molecular weight is 199 g/mol. The zero-order valence-electron chi connectivity index (χ0n) is 8.84. The minimum absolute atomic E-state index is 0.0680. The molecule has 1 rings (SSSR count). The van der Waals surface area contributed by atoms with E-state index in [-0.39, 0.29) is 12.1 Å². The molecule has 0 aliphatic heterocycles. The number of rotatable bonds is 5. The van der Waals surface area contributed by atoms with Gasteiger partial charge in [0.1, 0.15) is 0 Å². The number of nitrogens with two attached hydrogens (primary N) is 1. The summed E-state index contributed by atoms with van der Waals surface area (Å²) in [6, 6.07) is -0.0680. The van der Waals surface area contributed by atoms with Crippen LogP contribution < -0.4 is 5.73 Å². The molecule has 0 aromatic carbocycles. The SMILES string of the molecule is CC(C)OCC(N)Cc1nnn(C)n1. The van der Waals surface area contributed by atoms with E-state index >= 15 is 0 Å². The Morgan fingerprint density at radius 2 is 2.21 bits per heavy atom. The summed E-state index contributed by atoms with van der Waals surface area (Å²) in [6.07, 6.45) is 0.802. The maximum Gasteiger partial charge on any atom is 0.176 e. The van der Waals surface area contributed by atoms with Crippen LogP contribution in [0.1, 0.15) is 19.7 Å². The zero-order chi connectivity index (χ0) is 10.6. The minimum atomic E-state index is -0.0680. The second kappa shape index (κ2) is 5.02. The van der Waals surface area contributed by atoms with Crippen molar-refractivity contribution in [2.45, 2.75) is 32.4 Å². The highest BCUT2D eigenvalue weighted by atomic mass is 16.5. The fourth-order valence-electron chi connectivity index (χ4n) is 1.01. The lowest BCUT2D eigenvalue weighted by molar-refractivity contribution is 0.0680. The van der Waals surface area contributed by atoms with Gasteiger partial charge in [0.25, 0.3) is 0 Å². The van der Waals surface area contributed by atoms with E-state index in [1.807, 2.05) is 13.8 Å². The van der Waals surface area contributed by atoms with Gasteiger partial charge in [0, 0.05) is 12.5 Å². The molecule has 1 atom stereocenters. The lowest BCUT2D eigenvalue weighted by Crippen LogP contribution is -2.30. The van der Waals surface area contributed by atoms with Crippen molar-refractivity contribution in [2.75, 3.05) is 6.61 Å². The smallest absolute Gasteiger partial charge is 0.176 e. The molecule has 0 radical (unpaired) electrons. The Bertz CT molecular complexity index is 272. The summed E-state index contributed by atoms with van der Waals surface area (Å²) in [5.74, 6) is 0.660. The largest absolute Gasteiger partial charge is 0.377 e. The number of ether oxygens (including phenoxy) is 1. The normalized spacial score (nSPS) is 13.5. The number of nitrogens with zero attached hydrogens (tertiary/aromatic N) is 4. The molecule has 14 heavy (non-hydrogen) atoms. The Hall–Kier alpha value is -1.01. The molecule has 0 amide bonds. The lowest BCUT2D eigenvalue weighted by atomic mass is 10.2.